The molecular weight excluding hydrogens is 349 g/mol. The molecule has 0 atom stereocenters. The number of carbonyl (C=O) groups excluding carboxylic acids is 1. The van der Waals surface area contributed by atoms with Crippen molar-refractivity contribution in [2.45, 2.75) is 18.8 Å². The molecule has 5 nitrogen and oxygen atoms in total. The van der Waals surface area contributed by atoms with Gasteiger partial charge in [0.15, 0.2) is 0 Å². The molecule has 2 aromatic rings. The molecule has 0 aromatic heterocycles. The Labute approximate surface area is 156 Å². The lowest BCUT2D eigenvalue weighted by Crippen LogP contribution is -2.55. The van der Waals surface area contributed by atoms with Gasteiger partial charge in [-0.3, -0.25) is 4.79 Å². The first kappa shape index (κ1) is 19.1. The van der Waals surface area contributed by atoms with Crippen molar-refractivity contribution in [3.63, 3.8) is 0 Å². The quantitative estimate of drug-likeness (QED) is 0.571. The molecule has 1 heterocycles. The first-order valence-electron chi connectivity index (χ1n) is 8.67. The number of benzene rings is 2. The van der Waals surface area contributed by atoms with Crippen LogP contribution in [0.3, 0.4) is 0 Å². The first-order valence-corrected chi connectivity index (χ1v) is 8.67. The van der Waals surface area contributed by atoms with Crippen molar-refractivity contribution in [2.75, 3.05) is 13.2 Å². The van der Waals surface area contributed by atoms with Gasteiger partial charge in [-0.05, 0) is 49.2 Å². The topological polar surface area (TPSA) is 78.8 Å². The van der Waals surface area contributed by atoms with Crippen LogP contribution < -0.4 is 5.32 Å². The van der Waals surface area contributed by atoms with E-state index in [1.165, 1.54) is 18.2 Å². The molecule has 3 rings (SSSR count). The Morgan fingerprint density at radius 2 is 1.74 bits per heavy atom. The van der Waals surface area contributed by atoms with Crippen molar-refractivity contribution in [1.82, 2.24) is 5.32 Å². The number of aliphatic hydroxyl groups is 2. The Hall–Kier alpha value is -2.72. The minimum Gasteiger partial charge on any atom is -0.381 e. The molecule has 1 amide bonds. The Morgan fingerprint density at radius 3 is 2.41 bits per heavy atom. The number of carbonyl (C=O) groups is 1. The summed E-state index contributed by atoms with van der Waals surface area (Å²) in [5.41, 5.74) is 1.17. The van der Waals surface area contributed by atoms with Gasteiger partial charge in [0, 0.05) is 30.3 Å². The van der Waals surface area contributed by atoms with Gasteiger partial charge in [-0.1, -0.05) is 24.0 Å². The van der Waals surface area contributed by atoms with Crippen LogP contribution >= 0.6 is 0 Å². The van der Waals surface area contributed by atoms with Crippen LogP contribution in [0.15, 0.2) is 48.5 Å². The highest BCUT2D eigenvalue weighted by molar-refractivity contribution is 5.94. The summed E-state index contributed by atoms with van der Waals surface area (Å²) in [5, 5.41) is 22.6. The second kappa shape index (κ2) is 8.31. The summed E-state index contributed by atoms with van der Waals surface area (Å²) in [4.78, 5) is 12.3. The summed E-state index contributed by atoms with van der Waals surface area (Å²) in [6, 6.07) is 12.5. The lowest BCUT2D eigenvalue weighted by atomic mass is 9.95. The van der Waals surface area contributed by atoms with E-state index in [-0.39, 0.29) is 5.56 Å². The molecule has 2 aromatic carbocycles. The number of amides is 1. The zero-order valence-corrected chi connectivity index (χ0v) is 14.6. The summed E-state index contributed by atoms with van der Waals surface area (Å²) in [5.74, 6) is 1.81. The number of hydrogen-bond donors (Lipinski definition) is 3. The van der Waals surface area contributed by atoms with Crippen LogP contribution in [0.1, 0.15) is 34.3 Å². The SMILES string of the molecule is O=C(NC(O)(O)C1CCOCC1)c1ccc(C#Cc2ccccc2F)cc1. The molecule has 1 fully saturated rings. The van der Waals surface area contributed by atoms with Crippen LogP contribution in [-0.4, -0.2) is 35.2 Å². The van der Waals surface area contributed by atoms with E-state index >= 15 is 0 Å². The molecule has 1 aliphatic heterocycles. The van der Waals surface area contributed by atoms with E-state index in [1.807, 2.05) is 0 Å². The lowest BCUT2D eigenvalue weighted by Gasteiger charge is -2.34. The molecule has 0 bridgehead atoms. The molecule has 1 aliphatic rings. The zero-order valence-electron chi connectivity index (χ0n) is 14.6. The maximum atomic E-state index is 13.6. The van der Waals surface area contributed by atoms with Crippen LogP contribution in [0, 0.1) is 23.6 Å². The smallest absolute Gasteiger partial charge is 0.255 e. The van der Waals surface area contributed by atoms with E-state index in [9.17, 15) is 19.4 Å². The molecule has 0 unspecified atom stereocenters. The molecule has 3 N–H and O–H groups in total. The van der Waals surface area contributed by atoms with E-state index in [1.54, 1.807) is 30.3 Å². The fourth-order valence-electron chi connectivity index (χ4n) is 2.85. The Bertz CT molecular complexity index is 862. The van der Waals surface area contributed by atoms with Gasteiger partial charge < -0.3 is 20.3 Å². The van der Waals surface area contributed by atoms with Gasteiger partial charge in [-0.15, -0.1) is 0 Å². The highest BCUT2D eigenvalue weighted by atomic mass is 19.1. The monoisotopic (exact) mass is 369 g/mol. The van der Waals surface area contributed by atoms with E-state index in [2.05, 4.69) is 17.2 Å². The molecule has 1 saturated heterocycles. The molecular formula is C21H20FNO4. The summed E-state index contributed by atoms with van der Waals surface area (Å²) in [6.07, 6.45) is 0.912. The number of nitrogens with one attached hydrogen (secondary N) is 1. The Morgan fingerprint density at radius 1 is 1.07 bits per heavy atom. The van der Waals surface area contributed by atoms with Crippen LogP contribution in [0.2, 0.25) is 0 Å². The van der Waals surface area contributed by atoms with Gasteiger partial charge in [0.25, 0.3) is 5.91 Å². The normalized spacial score (nSPS) is 14.9. The van der Waals surface area contributed by atoms with E-state index in [4.69, 9.17) is 4.74 Å². The number of halogens is 1. The summed E-state index contributed by atoms with van der Waals surface area (Å²) >= 11 is 0. The van der Waals surface area contributed by atoms with Crippen LogP contribution in [0.5, 0.6) is 0 Å². The fraction of sp³-hybridized carbons (Fsp3) is 0.286. The summed E-state index contributed by atoms with van der Waals surface area (Å²) < 4.78 is 18.8. The van der Waals surface area contributed by atoms with E-state index in [0.29, 0.717) is 37.2 Å². The van der Waals surface area contributed by atoms with Gasteiger partial charge in [-0.25, -0.2) is 4.39 Å². The third-order valence-electron chi connectivity index (χ3n) is 4.45. The van der Waals surface area contributed by atoms with Crippen molar-refractivity contribution >= 4 is 5.91 Å². The molecule has 140 valence electrons. The minimum absolute atomic E-state index is 0.269. The van der Waals surface area contributed by atoms with Gasteiger partial charge in [0.2, 0.25) is 5.91 Å². The van der Waals surface area contributed by atoms with Crippen LogP contribution in [-0.2, 0) is 4.74 Å². The second-order valence-electron chi connectivity index (χ2n) is 6.37. The maximum absolute atomic E-state index is 13.6. The summed E-state index contributed by atoms with van der Waals surface area (Å²) in [6.45, 7) is 0.859. The Balaban J connectivity index is 1.66. The third-order valence-corrected chi connectivity index (χ3v) is 4.45. The second-order valence-corrected chi connectivity index (χ2v) is 6.37. The van der Waals surface area contributed by atoms with Gasteiger partial charge >= 0.3 is 0 Å². The molecule has 0 radical (unpaired) electrons. The Kier molecular flexibility index (Phi) is 5.87. The summed E-state index contributed by atoms with van der Waals surface area (Å²) in [7, 11) is 0. The molecule has 27 heavy (non-hydrogen) atoms. The largest absolute Gasteiger partial charge is 0.381 e. The molecule has 0 aliphatic carbocycles. The third kappa shape index (κ3) is 4.92. The van der Waals surface area contributed by atoms with Gasteiger partial charge in [-0.2, -0.15) is 0 Å². The maximum Gasteiger partial charge on any atom is 0.255 e. The van der Waals surface area contributed by atoms with Gasteiger partial charge in [0.05, 0.1) is 5.56 Å². The molecule has 0 saturated carbocycles. The highest BCUT2D eigenvalue weighted by Crippen LogP contribution is 2.24. The zero-order chi connectivity index (χ0) is 19.3. The average Bonchev–Trinajstić information content (AvgIpc) is 2.68. The number of ether oxygens (including phenoxy) is 1. The van der Waals surface area contributed by atoms with Crippen molar-refractivity contribution < 1.29 is 24.1 Å². The molecule has 0 spiro atoms. The predicted octanol–water partition coefficient (Wildman–Crippen LogP) is 2.02. The minimum atomic E-state index is -2.29. The van der Waals surface area contributed by atoms with Crippen molar-refractivity contribution in [3.8, 4) is 11.8 Å². The predicted molar refractivity (Wildman–Crippen MR) is 97.0 cm³/mol. The first-order chi connectivity index (χ1) is 13.0. The van der Waals surface area contributed by atoms with Crippen molar-refractivity contribution in [2.24, 2.45) is 5.92 Å². The lowest BCUT2D eigenvalue weighted by molar-refractivity contribution is -0.228. The van der Waals surface area contributed by atoms with Crippen LogP contribution in [0.25, 0.3) is 0 Å². The van der Waals surface area contributed by atoms with Crippen molar-refractivity contribution in [1.29, 1.82) is 0 Å². The van der Waals surface area contributed by atoms with Crippen molar-refractivity contribution in [3.05, 3.63) is 71.0 Å². The number of rotatable bonds is 3. The number of hydrogen-bond acceptors (Lipinski definition) is 4. The standard InChI is InChI=1S/C21H20FNO4/c22-19-4-2-1-3-16(19)8-5-15-6-9-17(10-7-15)20(24)23-21(25,26)18-11-13-27-14-12-18/h1-4,6-7,9-10,18,25-26H,11-14H2,(H,23,24). The van der Waals surface area contributed by atoms with Crippen LogP contribution in [0.4, 0.5) is 4.39 Å². The highest BCUT2D eigenvalue weighted by Gasteiger charge is 2.37. The molecule has 6 heteroatoms. The fourth-order valence-corrected chi connectivity index (χ4v) is 2.85. The van der Waals surface area contributed by atoms with E-state index in [0.717, 1.165) is 0 Å². The van der Waals surface area contributed by atoms with Gasteiger partial charge in [0.1, 0.15) is 5.82 Å². The average molecular weight is 369 g/mol. The van der Waals surface area contributed by atoms with E-state index < -0.39 is 23.6 Å².